The van der Waals surface area contributed by atoms with E-state index < -0.39 is 6.10 Å². The van der Waals surface area contributed by atoms with Crippen molar-refractivity contribution < 1.29 is 9.84 Å². The molecule has 0 aromatic heterocycles. The van der Waals surface area contributed by atoms with E-state index in [0.717, 1.165) is 17.9 Å². The van der Waals surface area contributed by atoms with Gasteiger partial charge in [-0.1, -0.05) is 24.6 Å². The second-order valence-corrected chi connectivity index (χ2v) is 4.48. The third-order valence-corrected chi connectivity index (χ3v) is 2.62. The highest BCUT2D eigenvalue weighted by molar-refractivity contribution is 5.39. The molecule has 3 heteroatoms. The van der Waals surface area contributed by atoms with Gasteiger partial charge < -0.3 is 15.2 Å². The molecule has 0 radical (unpaired) electrons. The summed E-state index contributed by atoms with van der Waals surface area (Å²) in [6.45, 7) is 9.25. The molecule has 0 aliphatic carbocycles. The van der Waals surface area contributed by atoms with Crippen LogP contribution in [0.4, 0.5) is 0 Å². The van der Waals surface area contributed by atoms with Gasteiger partial charge in [0.2, 0.25) is 0 Å². The van der Waals surface area contributed by atoms with Crippen LogP contribution < -0.4 is 10.1 Å². The average molecular weight is 237 g/mol. The number of hydrogen-bond acceptors (Lipinski definition) is 3. The lowest BCUT2D eigenvalue weighted by Gasteiger charge is -2.19. The fraction of sp³-hybridized carbons (Fsp3) is 0.571. The van der Waals surface area contributed by atoms with Crippen molar-refractivity contribution in [2.75, 3.05) is 13.2 Å². The maximum absolute atomic E-state index is 9.26. The molecule has 0 saturated carbocycles. The highest BCUT2D eigenvalue weighted by Gasteiger charge is 2.11. The van der Waals surface area contributed by atoms with Crippen molar-refractivity contribution in [2.45, 2.75) is 39.8 Å². The number of aliphatic hydroxyl groups excluding tert-OH is 1. The SMILES string of the molecule is CCNC(C)c1cc(C)ccc1OCC(C)O. The van der Waals surface area contributed by atoms with E-state index in [9.17, 15) is 5.11 Å². The first kappa shape index (κ1) is 14.0. The summed E-state index contributed by atoms with van der Waals surface area (Å²) in [5, 5.41) is 12.6. The molecule has 1 aromatic rings. The molecular weight excluding hydrogens is 214 g/mol. The van der Waals surface area contributed by atoms with E-state index in [1.54, 1.807) is 6.92 Å². The smallest absolute Gasteiger partial charge is 0.124 e. The molecule has 0 bridgehead atoms. The van der Waals surface area contributed by atoms with Gasteiger partial charge in [0.1, 0.15) is 12.4 Å². The highest BCUT2D eigenvalue weighted by atomic mass is 16.5. The fourth-order valence-corrected chi connectivity index (χ4v) is 1.76. The van der Waals surface area contributed by atoms with Crippen molar-refractivity contribution in [3.05, 3.63) is 29.3 Å². The lowest BCUT2D eigenvalue weighted by molar-refractivity contribution is 0.122. The van der Waals surface area contributed by atoms with Gasteiger partial charge in [0.15, 0.2) is 0 Å². The molecular formula is C14H23NO2. The number of aryl methyl sites for hydroxylation is 1. The van der Waals surface area contributed by atoms with Gasteiger partial charge in [-0.15, -0.1) is 0 Å². The van der Waals surface area contributed by atoms with Gasteiger partial charge >= 0.3 is 0 Å². The first-order chi connectivity index (χ1) is 8.04. The Hall–Kier alpha value is -1.06. The number of nitrogens with one attached hydrogen (secondary N) is 1. The maximum atomic E-state index is 9.26. The molecule has 0 aliphatic heterocycles. The van der Waals surface area contributed by atoms with Gasteiger partial charge in [-0.05, 0) is 33.4 Å². The molecule has 0 heterocycles. The van der Waals surface area contributed by atoms with Crippen LogP contribution in [-0.4, -0.2) is 24.4 Å². The third kappa shape index (κ3) is 4.36. The summed E-state index contributed by atoms with van der Waals surface area (Å²) in [5.41, 5.74) is 2.36. The summed E-state index contributed by atoms with van der Waals surface area (Å²) in [4.78, 5) is 0. The number of benzene rings is 1. The minimum Gasteiger partial charge on any atom is -0.491 e. The predicted molar refractivity (Wildman–Crippen MR) is 70.4 cm³/mol. The molecule has 0 spiro atoms. The second kappa shape index (κ2) is 6.62. The van der Waals surface area contributed by atoms with Crippen LogP contribution in [0.25, 0.3) is 0 Å². The standard InChI is InChI=1S/C14H23NO2/c1-5-15-12(4)13-8-10(2)6-7-14(13)17-9-11(3)16/h6-8,11-12,15-16H,5,9H2,1-4H3. The van der Waals surface area contributed by atoms with E-state index in [4.69, 9.17) is 4.74 Å². The molecule has 17 heavy (non-hydrogen) atoms. The molecule has 0 amide bonds. The van der Waals surface area contributed by atoms with Gasteiger partial charge in [0, 0.05) is 11.6 Å². The molecule has 2 unspecified atom stereocenters. The van der Waals surface area contributed by atoms with Gasteiger partial charge in [0.05, 0.1) is 6.10 Å². The Morgan fingerprint density at radius 2 is 2.06 bits per heavy atom. The molecule has 2 N–H and O–H groups in total. The van der Waals surface area contributed by atoms with Gasteiger partial charge in [0.25, 0.3) is 0 Å². The van der Waals surface area contributed by atoms with Crippen molar-refractivity contribution >= 4 is 0 Å². The zero-order chi connectivity index (χ0) is 12.8. The Labute approximate surface area is 104 Å². The summed E-state index contributed by atoms with van der Waals surface area (Å²) >= 11 is 0. The average Bonchev–Trinajstić information content (AvgIpc) is 2.27. The van der Waals surface area contributed by atoms with Crippen LogP contribution >= 0.6 is 0 Å². The first-order valence-corrected chi connectivity index (χ1v) is 6.19. The Balaban J connectivity index is 2.87. The number of ether oxygens (including phenoxy) is 1. The van der Waals surface area contributed by atoms with Crippen LogP contribution in [0.15, 0.2) is 18.2 Å². The quantitative estimate of drug-likeness (QED) is 0.798. The van der Waals surface area contributed by atoms with Crippen molar-refractivity contribution in [2.24, 2.45) is 0 Å². The summed E-state index contributed by atoms with van der Waals surface area (Å²) in [6, 6.07) is 6.38. The lowest BCUT2D eigenvalue weighted by atomic mass is 10.0. The molecule has 1 aromatic carbocycles. The lowest BCUT2D eigenvalue weighted by Crippen LogP contribution is -2.20. The third-order valence-electron chi connectivity index (χ3n) is 2.62. The van der Waals surface area contributed by atoms with Gasteiger partial charge in [-0.2, -0.15) is 0 Å². The molecule has 0 saturated heterocycles. The summed E-state index contributed by atoms with van der Waals surface area (Å²) < 4.78 is 5.63. The van der Waals surface area contributed by atoms with Crippen LogP contribution in [-0.2, 0) is 0 Å². The number of rotatable bonds is 6. The van der Waals surface area contributed by atoms with Crippen molar-refractivity contribution in [3.63, 3.8) is 0 Å². The normalized spacial score (nSPS) is 14.4. The topological polar surface area (TPSA) is 41.5 Å². The minimum absolute atomic E-state index is 0.254. The van der Waals surface area contributed by atoms with Crippen LogP contribution in [0, 0.1) is 6.92 Å². The van der Waals surface area contributed by atoms with Crippen LogP contribution in [0.1, 0.15) is 37.9 Å². The van der Waals surface area contributed by atoms with E-state index in [1.807, 2.05) is 12.1 Å². The zero-order valence-electron chi connectivity index (χ0n) is 11.2. The van der Waals surface area contributed by atoms with Crippen LogP contribution in [0.5, 0.6) is 5.75 Å². The Kier molecular flexibility index (Phi) is 5.45. The molecule has 3 nitrogen and oxygen atoms in total. The van der Waals surface area contributed by atoms with E-state index in [-0.39, 0.29) is 6.04 Å². The Bertz CT molecular complexity index is 350. The van der Waals surface area contributed by atoms with Gasteiger partial charge in [-0.3, -0.25) is 0 Å². The summed E-state index contributed by atoms with van der Waals surface area (Å²) in [6.07, 6.45) is -0.446. The van der Waals surface area contributed by atoms with Crippen LogP contribution in [0.3, 0.4) is 0 Å². The summed E-state index contributed by atoms with van der Waals surface area (Å²) in [5.74, 6) is 0.852. The summed E-state index contributed by atoms with van der Waals surface area (Å²) in [7, 11) is 0. The maximum Gasteiger partial charge on any atom is 0.124 e. The van der Waals surface area contributed by atoms with Crippen molar-refractivity contribution in [3.8, 4) is 5.75 Å². The highest BCUT2D eigenvalue weighted by Crippen LogP contribution is 2.26. The fourth-order valence-electron chi connectivity index (χ4n) is 1.76. The van der Waals surface area contributed by atoms with E-state index in [0.29, 0.717) is 6.61 Å². The van der Waals surface area contributed by atoms with E-state index in [1.165, 1.54) is 5.56 Å². The van der Waals surface area contributed by atoms with E-state index in [2.05, 4.69) is 32.2 Å². The molecule has 96 valence electrons. The molecule has 1 rings (SSSR count). The largest absolute Gasteiger partial charge is 0.491 e. The van der Waals surface area contributed by atoms with Crippen LogP contribution in [0.2, 0.25) is 0 Å². The van der Waals surface area contributed by atoms with Gasteiger partial charge in [-0.25, -0.2) is 0 Å². The zero-order valence-corrected chi connectivity index (χ0v) is 11.2. The number of aliphatic hydroxyl groups is 1. The Morgan fingerprint density at radius 1 is 1.35 bits per heavy atom. The molecule has 0 fully saturated rings. The number of hydrogen-bond donors (Lipinski definition) is 2. The van der Waals surface area contributed by atoms with Crippen molar-refractivity contribution in [1.82, 2.24) is 5.32 Å². The minimum atomic E-state index is -0.446. The first-order valence-electron chi connectivity index (χ1n) is 6.19. The second-order valence-electron chi connectivity index (χ2n) is 4.48. The Morgan fingerprint density at radius 3 is 2.65 bits per heavy atom. The van der Waals surface area contributed by atoms with E-state index >= 15 is 0 Å². The molecule has 0 aliphatic rings. The van der Waals surface area contributed by atoms with Crippen molar-refractivity contribution in [1.29, 1.82) is 0 Å². The monoisotopic (exact) mass is 237 g/mol. The molecule has 2 atom stereocenters. The predicted octanol–water partition coefficient (Wildman–Crippen LogP) is 2.43.